The van der Waals surface area contributed by atoms with Gasteiger partial charge in [-0.3, -0.25) is 4.79 Å². The summed E-state index contributed by atoms with van der Waals surface area (Å²) in [5.41, 5.74) is 2.22. The summed E-state index contributed by atoms with van der Waals surface area (Å²) in [4.78, 5) is 18.7. The fourth-order valence-corrected chi connectivity index (χ4v) is 3.55. The topological polar surface area (TPSA) is 47.4 Å². The van der Waals surface area contributed by atoms with Crippen molar-refractivity contribution in [3.8, 4) is 5.75 Å². The van der Waals surface area contributed by atoms with E-state index in [2.05, 4.69) is 21.7 Å². The fourth-order valence-electron chi connectivity index (χ4n) is 3.55. The number of hydrogen-bond acceptors (Lipinski definition) is 3. The second-order valence-corrected chi connectivity index (χ2v) is 6.81. The average Bonchev–Trinajstić information content (AvgIpc) is 3.10. The van der Waals surface area contributed by atoms with Gasteiger partial charge in [-0.15, -0.1) is 0 Å². The van der Waals surface area contributed by atoms with Crippen molar-refractivity contribution in [2.45, 2.75) is 19.4 Å². The summed E-state index contributed by atoms with van der Waals surface area (Å²) in [6.07, 6.45) is 3.96. The molecule has 1 aliphatic rings. The van der Waals surface area contributed by atoms with Gasteiger partial charge in [0.25, 0.3) is 5.91 Å². The number of fused-ring (bicyclic) bond motifs is 1. The second kappa shape index (κ2) is 7.60. The van der Waals surface area contributed by atoms with Gasteiger partial charge in [0.1, 0.15) is 5.75 Å². The second-order valence-electron chi connectivity index (χ2n) is 6.81. The number of likely N-dealkylation sites (tertiary alicyclic amines) is 1. The molecule has 0 N–H and O–H groups in total. The van der Waals surface area contributed by atoms with E-state index in [0.717, 1.165) is 43.7 Å². The molecule has 0 unspecified atom stereocenters. The number of aromatic nitrogens is 2. The molecule has 1 fully saturated rings. The normalized spacial score (nSPS) is 15.3. The summed E-state index contributed by atoms with van der Waals surface area (Å²) in [5, 5.41) is 0. The van der Waals surface area contributed by atoms with E-state index in [9.17, 15) is 4.79 Å². The van der Waals surface area contributed by atoms with Gasteiger partial charge in [-0.05, 0) is 43.0 Å². The molecule has 5 nitrogen and oxygen atoms in total. The van der Waals surface area contributed by atoms with Gasteiger partial charge in [0.05, 0.1) is 17.4 Å². The van der Waals surface area contributed by atoms with E-state index in [1.807, 2.05) is 53.7 Å². The fraction of sp³-hybridized carbons (Fsp3) is 0.333. The van der Waals surface area contributed by atoms with Crippen LogP contribution in [0.1, 0.15) is 12.8 Å². The number of rotatable bonds is 5. The third-order valence-corrected chi connectivity index (χ3v) is 5.06. The van der Waals surface area contributed by atoms with Crippen molar-refractivity contribution in [3.05, 3.63) is 60.9 Å². The Hall–Kier alpha value is -2.82. The molecule has 0 saturated carbocycles. The maximum atomic E-state index is 12.4. The zero-order valence-corrected chi connectivity index (χ0v) is 14.8. The van der Waals surface area contributed by atoms with Crippen LogP contribution in [0, 0.1) is 5.92 Å². The molecule has 2 aromatic carbocycles. The Labute approximate surface area is 153 Å². The molecule has 1 saturated heterocycles. The van der Waals surface area contributed by atoms with Gasteiger partial charge in [0.15, 0.2) is 6.61 Å². The molecule has 0 radical (unpaired) electrons. The van der Waals surface area contributed by atoms with Gasteiger partial charge >= 0.3 is 0 Å². The number of nitrogens with zero attached hydrogens (tertiary/aromatic N) is 3. The highest BCUT2D eigenvalue weighted by Gasteiger charge is 2.23. The van der Waals surface area contributed by atoms with Crippen LogP contribution in [-0.2, 0) is 11.3 Å². The highest BCUT2D eigenvalue weighted by molar-refractivity contribution is 5.78. The minimum atomic E-state index is 0.0698. The molecule has 1 amide bonds. The van der Waals surface area contributed by atoms with E-state index in [0.29, 0.717) is 5.92 Å². The Balaban J connectivity index is 1.28. The lowest BCUT2D eigenvalue weighted by Crippen LogP contribution is -2.41. The predicted molar refractivity (Wildman–Crippen MR) is 101 cm³/mol. The van der Waals surface area contributed by atoms with Crippen molar-refractivity contribution in [1.29, 1.82) is 0 Å². The predicted octanol–water partition coefficient (Wildman–Crippen LogP) is 3.35. The molecule has 134 valence electrons. The molecular formula is C21H23N3O2. The van der Waals surface area contributed by atoms with Crippen molar-refractivity contribution < 1.29 is 9.53 Å². The first-order valence-corrected chi connectivity index (χ1v) is 9.15. The summed E-state index contributed by atoms with van der Waals surface area (Å²) in [5.74, 6) is 1.38. The van der Waals surface area contributed by atoms with E-state index < -0.39 is 0 Å². The van der Waals surface area contributed by atoms with Crippen LogP contribution in [0.15, 0.2) is 60.9 Å². The summed E-state index contributed by atoms with van der Waals surface area (Å²) < 4.78 is 7.81. The van der Waals surface area contributed by atoms with Crippen LogP contribution >= 0.6 is 0 Å². The first kappa shape index (κ1) is 16.6. The first-order valence-electron chi connectivity index (χ1n) is 9.15. The minimum Gasteiger partial charge on any atom is -0.484 e. The molecule has 0 spiro atoms. The molecule has 26 heavy (non-hydrogen) atoms. The van der Waals surface area contributed by atoms with Gasteiger partial charge < -0.3 is 14.2 Å². The molecule has 1 aliphatic heterocycles. The molecule has 0 aliphatic carbocycles. The highest BCUT2D eigenvalue weighted by atomic mass is 16.5. The van der Waals surface area contributed by atoms with E-state index in [4.69, 9.17) is 4.74 Å². The molecule has 0 atom stereocenters. The Morgan fingerprint density at radius 2 is 1.77 bits per heavy atom. The largest absolute Gasteiger partial charge is 0.484 e. The Morgan fingerprint density at radius 3 is 2.58 bits per heavy atom. The summed E-state index contributed by atoms with van der Waals surface area (Å²) in [7, 11) is 0. The lowest BCUT2D eigenvalue weighted by molar-refractivity contribution is -0.134. The maximum absolute atomic E-state index is 12.4. The summed E-state index contributed by atoms with van der Waals surface area (Å²) >= 11 is 0. The zero-order chi connectivity index (χ0) is 17.8. The quantitative estimate of drug-likeness (QED) is 0.710. The maximum Gasteiger partial charge on any atom is 0.260 e. The smallest absolute Gasteiger partial charge is 0.260 e. The number of imidazole rings is 1. The van der Waals surface area contributed by atoms with Gasteiger partial charge in [-0.2, -0.15) is 0 Å². The number of hydrogen-bond donors (Lipinski definition) is 0. The van der Waals surface area contributed by atoms with Crippen LogP contribution in [0.3, 0.4) is 0 Å². The van der Waals surface area contributed by atoms with E-state index in [1.165, 1.54) is 5.52 Å². The molecule has 4 rings (SSSR count). The SMILES string of the molecule is O=C(COc1ccccc1)N1CCC(Cn2cnc3ccccc32)CC1. The van der Waals surface area contributed by atoms with Gasteiger partial charge in [-0.1, -0.05) is 30.3 Å². The van der Waals surface area contributed by atoms with Gasteiger partial charge in [-0.25, -0.2) is 4.98 Å². The lowest BCUT2D eigenvalue weighted by Gasteiger charge is -2.32. The monoisotopic (exact) mass is 349 g/mol. The van der Waals surface area contributed by atoms with E-state index in [1.54, 1.807) is 0 Å². The molecular weight excluding hydrogens is 326 g/mol. The van der Waals surface area contributed by atoms with Crippen molar-refractivity contribution in [2.24, 2.45) is 5.92 Å². The van der Waals surface area contributed by atoms with Crippen molar-refractivity contribution in [2.75, 3.05) is 19.7 Å². The number of ether oxygens (including phenoxy) is 1. The number of carbonyl (C=O) groups excluding carboxylic acids is 1. The summed E-state index contributed by atoms with van der Waals surface area (Å²) in [6, 6.07) is 17.7. The average molecular weight is 349 g/mol. The van der Waals surface area contributed by atoms with Crippen molar-refractivity contribution in [1.82, 2.24) is 14.5 Å². The highest BCUT2D eigenvalue weighted by Crippen LogP contribution is 2.22. The van der Waals surface area contributed by atoms with Gasteiger partial charge in [0, 0.05) is 19.6 Å². The minimum absolute atomic E-state index is 0.0698. The number of amides is 1. The van der Waals surface area contributed by atoms with Crippen LogP contribution in [-0.4, -0.2) is 40.1 Å². The first-order chi connectivity index (χ1) is 12.8. The van der Waals surface area contributed by atoms with Crippen LogP contribution in [0.2, 0.25) is 0 Å². The third kappa shape index (κ3) is 3.72. The van der Waals surface area contributed by atoms with E-state index in [-0.39, 0.29) is 12.5 Å². The lowest BCUT2D eigenvalue weighted by atomic mass is 9.96. The zero-order valence-electron chi connectivity index (χ0n) is 14.8. The van der Waals surface area contributed by atoms with Crippen LogP contribution in [0.4, 0.5) is 0 Å². The van der Waals surface area contributed by atoms with E-state index >= 15 is 0 Å². The number of para-hydroxylation sites is 3. The van der Waals surface area contributed by atoms with Crippen LogP contribution in [0.5, 0.6) is 5.75 Å². The molecule has 1 aromatic heterocycles. The number of carbonyl (C=O) groups is 1. The van der Waals surface area contributed by atoms with Crippen molar-refractivity contribution >= 4 is 16.9 Å². The Kier molecular flexibility index (Phi) is 4.86. The standard InChI is InChI=1S/C21H23N3O2/c25-21(15-26-18-6-2-1-3-7-18)23-12-10-17(11-13-23)14-24-16-22-19-8-4-5-9-20(19)24/h1-9,16-17H,10-15H2. The number of benzene rings is 2. The molecule has 0 bridgehead atoms. The molecule has 2 heterocycles. The summed E-state index contributed by atoms with van der Waals surface area (Å²) in [6.45, 7) is 2.67. The van der Waals surface area contributed by atoms with Crippen molar-refractivity contribution in [3.63, 3.8) is 0 Å². The van der Waals surface area contributed by atoms with Crippen LogP contribution < -0.4 is 4.74 Å². The molecule has 5 heteroatoms. The Bertz CT molecular complexity index is 867. The molecule has 3 aromatic rings. The number of piperidine rings is 1. The Morgan fingerprint density at radius 1 is 1.04 bits per heavy atom. The van der Waals surface area contributed by atoms with Crippen LogP contribution in [0.25, 0.3) is 11.0 Å². The third-order valence-electron chi connectivity index (χ3n) is 5.06. The van der Waals surface area contributed by atoms with Gasteiger partial charge in [0.2, 0.25) is 0 Å².